The van der Waals surface area contributed by atoms with Crippen LogP contribution in [0.2, 0.25) is 0 Å². The van der Waals surface area contributed by atoms with Crippen LogP contribution in [-0.2, 0) is 33.6 Å². The van der Waals surface area contributed by atoms with Crippen molar-refractivity contribution in [2.45, 2.75) is 109 Å². The quantitative estimate of drug-likeness (QED) is 0.0880. The van der Waals surface area contributed by atoms with Crippen LogP contribution in [0.1, 0.15) is 97.8 Å². The lowest BCUT2D eigenvalue weighted by Gasteiger charge is -2.38. The third kappa shape index (κ3) is 12.6. The topological polar surface area (TPSA) is 281 Å². The minimum Gasteiger partial charge on any atom is -0.481 e. The molecule has 0 aromatic carbocycles. The first kappa shape index (κ1) is 39.6. The van der Waals surface area contributed by atoms with Crippen LogP contribution in [0.4, 0.5) is 0 Å². The molecule has 41 heavy (non-hydrogen) atoms. The van der Waals surface area contributed by atoms with Crippen LogP contribution in [0.15, 0.2) is 0 Å². The first-order valence-corrected chi connectivity index (χ1v) is 13.1. The molecule has 0 aliphatic heterocycles. The number of Topliss-reactive ketones (excluding diaryl/α,β-unsaturated/α-hetero) is 1. The number of unbranched alkanes of at least 4 members (excludes halogenated alkanes) is 3. The van der Waals surface area contributed by atoms with Crippen molar-refractivity contribution < 1.29 is 74.4 Å². The third-order valence-corrected chi connectivity index (χ3v) is 6.61. The van der Waals surface area contributed by atoms with Crippen molar-refractivity contribution in [3.05, 3.63) is 0 Å². The Labute approximate surface area is 236 Å². The highest BCUT2D eigenvalue weighted by atomic mass is 16.4. The van der Waals surface area contributed by atoms with Crippen molar-refractivity contribution >= 4 is 41.6 Å². The average molecular weight is 595 g/mol. The van der Waals surface area contributed by atoms with Crippen LogP contribution in [-0.4, -0.2) is 93.7 Å². The minimum atomic E-state index is -3.20. The molecule has 0 bridgehead atoms. The van der Waals surface area contributed by atoms with E-state index < -0.39 is 83.4 Å². The number of aliphatic carboxylic acids is 6. The second-order valence-electron chi connectivity index (χ2n) is 10.0. The first-order chi connectivity index (χ1) is 18.8. The van der Waals surface area contributed by atoms with E-state index in [9.17, 15) is 48.9 Å². The van der Waals surface area contributed by atoms with Gasteiger partial charge in [0.25, 0.3) is 0 Å². The first-order valence-electron chi connectivity index (χ1n) is 13.1. The molecule has 0 aromatic heterocycles. The van der Waals surface area contributed by atoms with Crippen LogP contribution < -0.4 is 0 Å². The summed E-state index contributed by atoms with van der Waals surface area (Å²) in [4.78, 5) is 78.6. The van der Waals surface area contributed by atoms with Crippen LogP contribution in [0.25, 0.3) is 0 Å². The molecule has 2 unspecified atom stereocenters. The second-order valence-corrected chi connectivity index (χ2v) is 10.0. The molecule has 0 fully saturated rings. The predicted octanol–water partition coefficient (Wildman–Crippen LogP) is 1.86. The lowest BCUT2D eigenvalue weighted by molar-refractivity contribution is -0.183. The van der Waals surface area contributed by atoms with Gasteiger partial charge in [-0.15, -0.1) is 0 Å². The third-order valence-electron chi connectivity index (χ3n) is 6.61. The van der Waals surface area contributed by atoms with Crippen LogP contribution in [0.5, 0.6) is 0 Å². The molecule has 8 N–H and O–H groups in total. The SMILES string of the molecule is CCCCC(CCCC)(CCCC)C(=O)C(C(=O)O)C(O)(CC(=O)O)C(=O)O.O=C(O)CC(O)(CC(=O)O)C(=O)O. The summed E-state index contributed by atoms with van der Waals surface area (Å²) in [6.07, 6.45) is 1.75. The summed E-state index contributed by atoms with van der Waals surface area (Å²) in [5.41, 5.74) is -7.03. The molecular weight excluding hydrogens is 552 g/mol. The van der Waals surface area contributed by atoms with E-state index >= 15 is 0 Å². The number of carbonyl (C=O) groups excluding carboxylic acids is 1. The van der Waals surface area contributed by atoms with E-state index in [4.69, 9.17) is 25.5 Å². The smallest absolute Gasteiger partial charge is 0.337 e. The van der Waals surface area contributed by atoms with E-state index in [0.29, 0.717) is 38.5 Å². The van der Waals surface area contributed by atoms with Crippen molar-refractivity contribution in [3.63, 3.8) is 0 Å². The molecule has 2 atom stereocenters. The molecule has 0 saturated heterocycles. The van der Waals surface area contributed by atoms with Gasteiger partial charge in [-0.1, -0.05) is 59.3 Å². The zero-order valence-electron chi connectivity index (χ0n) is 23.5. The van der Waals surface area contributed by atoms with Crippen molar-refractivity contribution in [1.82, 2.24) is 0 Å². The number of aliphatic hydroxyl groups is 2. The summed E-state index contributed by atoms with van der Waals surface area (Å²) >= 11 is 0. The molecular formula is C26H42O15. The Kier molecular flexibility index (Phi) is 17.3. The lowest BCUT2D eigenvalue weighted by Crippen LogP contribution is -2.57. The molecule has 0 aromatic rings. The minimum absolute atomic E-state index is 0.384. The van der Waals surface area contributed by atoms with Gasteiger partial charge in [0.2, 0.25) is 0 Å². The highest BCUT2D eigenvalue weighted by Crippen LogP contribution is 2.42. The van der Waals surface area contributed by atoms with E-state index in [-0.39, 0.29) is 0 Å². The summed E-state index contributed by atoms with van der Waals surface area (Å²) in [6, 6.07) is 0. The van der Waals surface area contributed by atoms with Gasteiger partial charge < -0.3 is 40.9 Å². The normalized spacial score (nSPS) is 13.6. The Morgan fingerprint density at radius 1 is 0.561 bits per heavy atom. The standard InChI is InChI=1S/C20H34O8.C6H8O7/c1-4-7-10-19(11-8-5-2,12-9-6-3)16(23)15(17(24)25)20(28,18(26)27)13-14(21)22;7-3(8)1-6(13,5(11)12)2-4(9)10/h15,28H,4-13H2,1-3H3,(H,21,22)(H,24,25)(H,26,27);13H,1-2H2,(H,7,8)(H,9,10)(H,11,12). The Morgan fingerprint density at radius 2 is 0.902 bits per heavy atom. The molecule has 0 rings (SSSR count). The van der Waals surface area contributed by atoms with Crippen LogP contribution in [0, 0.1) is 11.3 Å². The Bertz CT molecular complexity index is 903. The summed E-state index contributed by atoms with van der Waals surface area (Å²) in [6.45, 7) is 5.80. The zero-order chi connectivity index (χ0) is 32.6. The number of carboxylic acid groups (broad SMARTS) is 6. The molecule has 15 heteroatoms. The Hall–Kier alpha value is -3.59. The summed E-state index contributed by atoms with van der Waals surface area (Å²) in [7, 11) is 0. The molecule has 236 valence electrons. The Morgan fingerprint density at radius 3 is 1.12 bits per heavy atom. The average Bonchev–Trinajstić information content (AvgIpc) is 2.82. The maximum absolute atomic E-state index is 13.5. The Balaban J connectivity index is 0. The largest absolute Gasteiger partial charge is 0.481 e. The lowest BCUT2D eigenvalue weighted by atomic mass is 9.64. The molecule has 0 saturated carbocycles. The van der Waals surface area contributed by atoms with Gasteiger partial charge in [-0.3, -0.25) is 24.0 Å². The fourth-order valence-electron chi connectivity index (χ4n) is 4.38. The van der Waals surface area contributed by atoms with Gasteiger partial charge in [0, 0.05) is 5.41 Å². The van der Waals surface area contributed by atoms with Crippen LogP contribution >= 0.6 is 0 Å². The summed E-state index contributed by atoms with van der Waals surface area (Å²) < 4.78 is 0. The highest BCUT2D eigenvalue weighted by Gasteiger charge is 2.57. The monoisotopic (exact) mass is 594 g/mol. The zero-order valence-corrected chi connectivity index (χ0v) is 23.5. The number of rotatable bonds is 21. The molecule has 0 aliphatic rings. The van der Waals surface area contributed by atoms with Gasteiger partial charge in [0.05, 0.1) is 19.3 Å². The van der Waals surface area contributed by atoms with Gasteiger partial charge in [0.1, 0.15) is 0 Å². The highest BCUT2D eigenvalue weighted by molar-refractivity contribution is 6.07. The predicted molar refractivity (Wildman–Crippen MR) is 139 cm³/mol. The fraction of sp³-hybridized carbons (Fsp3) is 0.731. The van der Waals surface area contributed by atoms with E-state index in [0.717, 1.165) is 19.3 Å². The van der Waals surface area contributed by atoms with E-state index in [1.54, 1.807) is 0 Å². The second kappa shape index (κ2) is 18.0. The molecule has 0 aliphatic carbocycles. The number of hydrogen-bond donors (Lipinski definition) is 8. The molecule has 15 nitrogen and oxygen atoms in total. The number of carboxylic acids is 6. The van der Waals surface area contributed by atoms with E-state index in [2.05, 4.69) is 0 Å². The maximum Gasteiger partial charge on any atom is 0.337 e. The van der Waals surface area contributed by atoms with Crippen molar-refractivity contribution in [3.8, 4) is 0 Å². The molecule has 0 amide bonds. The fourth-order valence-corrected chi connectivity index (χ4v) is 4.38. The van der Waals surface area contributed by atoms with Gasteiger partial charge in [0.15, 0.2) is 22.9 Å². The van der Waals surface area contributed by atoms with E-state index in [1.165, 1.54) is 0 Å². The summed E-state index contributed by atoms with van der Waals surface area (Å²) in [5.74, 6) is -13.8. The summed E-state index contributed by atoms with van der Waals surface area (Å²) in [5, 5.41) is 72.4. The van der Waals surface area contributed by atoms with Gasteiger partial charge >= 0.3 is 35.8 Å². The van der Waals surface area contributed by atoms with Crippen molar-refractivity contribution in [2.24, 2.45) is 11.3 Å². The maximum atomic E-state index is 13.5. The van der Waals surface area contributed by atoms with E-state index in [1.807, 2.05) is 20.8 Å². The van der Waals surface area contributed by atoms with Crippen molar-refractivity contribution in [1.29, 1.82) is 0 Å². The number of hydrogen-bond acceptors (Lipinski definition) is 9. The number of ketones is 1. The van der Waals surface area contributed by atoms with Gasteiger partial charge in [-0.25, -0.2) is 9.59 Å². The number of carbonyl (C=O) groups is 7. The van der Waals surface area contributed by atoms with Crippen LogP contribution in [0.3, 0.4) is 0 Å². The van der Waals surface area contributed by atoms with Crippen molar-refractivity contribution in [2.75, 3.05) is 0 Å². The van der Waals surface area contributed by atoms with Gasteiger partial charge in [-0.2, -0.15) is 0 Å². The van der Waals surface area contributed by atoms with Gasteiger partial charge in [-0.05, 0) is 19.3 Å². The molecule has 0 heterocycles. The molecule has 0 spiro atoms. The molecule has 0 radical (unpaired) electrons.